The number of hydrogen-bond donors (Lipinski definition) is 4. The standard InChI is InChI=1S/C5H12N8.2BrH/c6-10-1-8-12(3-10)5-13-4-11(7)2-9-13;;/h1-2H,3-7H2;2*1H. The zero-order valence-electron chi connectivity index (χ0n) is 7.98. The van der Waals surface area contributed by atoms with Crippen molar-refractivity contribution in [3.63, 3.8) is 0 Å². The normalized spacial score (nSPS) is 27.9. The highest BCUT2D eigenvalue weighted by Gasteiger charge is 2.25. The van der Waals surface area contributed by atoms with Crippen molar-refractivity contribution in [2.75, 3.05) is 20.0 Å². The summed E-state index contributed by atoms with van der Waals surface area (Å²) in [6.45, 7) is 2.13. The van der Waals surface area contributed by atoms with Crippen LogP contribution < -0.4 is 55.7 Å². The maximum absolute atomic E-state index is 5.51. The molecule has 6 N–H and O–H groups in total. The van der Waals surface area contributed by atoms with Gasteiger partial charge in [-0.25, -0.2) is 21.7 Å². The largest absolute Gasteiger partial charge is 1.00 e. The lowest BCUT2D eigenvalue weighted by molar-refractivity contribution is -1.09. The molecule has 0 aromatic rings. The predicted molar refractivity (Wildman–Crippen MR) is 45.6 cm³/mol. The summed E-state index contributed by atoms with van der Waals surface area (Å²) >= 11 is 0. The van der Waals surface area contributed by atoms with E-state index in [1.54, 1.807) is 22.7 Å². The van der Waals surface area contributed by atoms with Gasteiger partial charge in [0.1, 0.15) is 0 Å². The molecule has 0 fully saturated rings. The second-order valence-electron chi connectivity index (χ2n) is 3.14. The van der Waals surface area contributed by atoms with Crippen molar-refractivity contribution in [1.82, 2.24) is 10.0 Å². The molecule has 2 unspecified atom stereocenters. The number of hydrazine groups is 2. The van der Waals surface area contributed by atoms with Gasteiger partial charge >= 0.3 is 0 Å². The maximum atomic E-state index is 5.51. The van der Waals surface area contributed by atoms with Gasteiger partial charge < -0.3 is 34.0 Å². The van der Waals surface area contributed by atoms with Crippen LogP contribution in [-0.4, -0.2) is 42.7 Å². The Balaban J connectivity index is 0.000000980. The van der Waals surface area contributed by atoms with Crippen molar-refractivity contribution in [2.45, 2.75) is 0 Å². The second-order valence-corrected chi connectivity index (χ2v) is 3.14. The van der Waals surface area contributed by atoms with E-state index in [2.05, 4.69) is 10.2 Å². The highest BCUT2D eigenvalue weighted by Crippen LogP contribution is 1.71. The van der Waals surface area contributed by atoms with Gasteiger partial charge in [-0.2, -0.15) is 0 Å². The number of nitrogens with one attached hydrogen (secondary N) is 2. The molecule has 8 nitrogen and oxygen atoms in total. The van der Waals surface area contributed by atoms with Crippen molar-refractivity contribution in [1.29, 1.82) is 0 Å². The van der Waals surface area contributed by atoms with Crippen LogP contribution in [0.25, 0.3) is 0 Å². The summed E-state index contributed by atoms with van der Waals surface area (Å²) in [6, 6.07) is 0. The molecule has 15 heavy (non-hydrogen) atoms. The molecule has 2 aliphatic heterocycles. The van der Waals surface area contributed by atoms with Crippen LogP contribution in [-0.2, 0) is 0 Å². The molecule has 0 saturated heterocycles. The Morgan fingerprint density at radius 2 is 1.40 bits per heavy atom. The highest BCUT2D eigenvalue weighted by molar-refractivity contribution is 5.53. The number of nitrogens with zero attached hydrogens (tertiary/aromatic N) is 4. The molecule has 10 heteroatoms. The van der Waals surface area contributed by atoms with Crippen molar-refractivity contribution >= 4 is 12.7 Å². The Morgan fingerprint density at radius 1 is 1.00 bits per heavy atom. The van der Waals surface area contributed by atoms with Gasteiger partial charge in [-0.3, -0.25) is 0 Å². The zero-order chi connectivity index (χ0) is 9.26. The molecule has 2 atom stereocenters. The minimum absolute atomic E-state index is 0. The minimum atomic E-state index is 0. The fourth-order valence-electron chi connectivity index (χ4n) is 1.34. The number of halogens is 2. The Hall–Kier alpha value is -0.260. The minimum Gasteiger partial charge on any atom is -1.00 e. The van der Waals surface area contributed by atoms with Crippen molar-refractivity contribution in [3.05, 3.63) is 0 Å². The first-order valence-corrected chi connectivity index (χ1v) is 4.04. The SMILES string of the molecule is NN1C=N[NH+](C[NH+]2CN(N)C=N2)C1.[Br-].[Br-]. The van der Waals surface area contributed by atoms with Crippen LogP contribution in [0.3, 0.4) is 0 Å². The quantitative estimate of drug-likeness (QED) is 0.374. The third-order valence-corrected chi connectivity index (χ3v) is 1.92. The van der Waals surface area contributed by atoms with Crippen molar-refractivity contribution in [3.8, 4) is 0 Å². The molecular formula is C5H14Br2N8. The van der Waals surface area contributed by atoms with E-state index in [-0.39, 0.29) is 34.0 Å². The fourth-order valence-corrected chi connectivity index (χ4v) is 1.34. The van der Waals surface area contributed by atoms with E-state index >= 15 is 0 Å². The first-order valence-electron chi connectivity index (χ1n) is 4.04. The van der Waals surface area contributed by atoms with E-state index in [9.17, 15) is 0 Å². The first-order chi connectivity index (χ1) is 6.24. The van der Waals surface area contributed by atoms with E-state index in [4.69, 9.17) is 11.7 Å². The molecule has 0 spiro atoms. The lowest BCUT2D eigenvalue weighted by atomic mass is 10.8. The molecule has 2 rings (SSSR count). The number of hydrogen-bond acceptors (Lipinski definition) is 6. The Kier molecular flexibility index (Phi) is 6.24. The van der Waals surface area contributed by atoms with Gasteiger partial charge in [0.15, 0.2) is 26.0 Å². The lowest BCUT2D eigenvalue weighted by Gasteiger charge is -2.12. The third kappa shape index (κ3) is 4.01. The maximum Gasteiger partial charge on any atom is 0.255 e. The predicted octanol–water partition coefficient (Wildman–Crippen LogP) is -11.1. The smallest absolute Gasteiger partial charge is 0.255 e. The van der Waals surface area contributed by atoms with Crippen LogP contribution in [0.5, 0.6) is 0 Å². The number of rotatable bonds is 2. The molecule has 88 valence electrons. The van der Waals surface area contributed by atoms with Crippen LogP contribution in [0.1, 0.15) is 0 Å². The number of quaternary nitrogens is 2. The Morgan fingerprint density at radius 3 is 1.67 bits per heavy atom. The Labute approximate surface area is 109 Å². The molecule has 0 amide bonds. The monoisotopic (exact) mass is 344 g/mol. The van der Waals surface area contributed by atoms with Gasteiger partial charge in [-0.05, 0) is 0 Å². The van der Waals surface area contributed by atoms with E-state index < -0.39 is 0 Å². The summed E-state index contributed by atoms with van der Waals surface area (Å²) in [5.41, 5.74) is 0. The van der Waals surface area contributed by atoms with Crippen molar-refractivity contribution < 1.29 is 44.0 Å². The zero-order valence-corrected chi connectivity index (χ0v) is 11.1. The highest BCUT2D eigenvalue weighted by atomic mass is 79.9. The summed E-state index contributed by atoms with van der Waals surface area (Å²) in [7, 11) is 0. The summed E-state index contributed by atoms with van der Waals surface area (Å²) in [5.74, 6) is 11.0. The molecular weight excluding hydrogens is 332 g/mol. The van der Waals surface area contributed by atoms with Gasteiger partial charge in [-0.1, -0.05) is 10.2 Å². The van der Waals surface area contributed by atoms with Gasteiger partial charge in [0.25, 0.3) is 6.67 Å². The van der Waals surface area contributed by atoms with Crippen LogP contribution in [0, 0.1) is 0 Å². The summed E-state index contributed by atoms with van der Waals surface area (Å²) in [6.07, 6.45) is 3.24. The summed E-state index contributed by atoms with van der Waals surface area (Å²) in [5, 5.41) is 13.5. The van der Waals surface area contributed by atoms with Crippen LogP contribution in [0.15, 0.2) is 10.2 Å². The van der Waals surface area contributed by atoms with Crippen molar-refractivity contribution in [2.24, 2.45) is 21.9 Å². The number of nitrogens with two attached hydrogens (primary N) is 2. The topological polar surface area (TPSA) is 92.1 Å². The van der Waals surface area contributed by atoms with Gasteiger partial charge in [-0.15, -0.1) is 10.0 Å². The average Bonchev–Trinajstić information content (AvgIpc) is 2.62. The lowest BCUT2D eigenvalue weighted by Crippen LogP contribution is -3.27. The molecule has 0 bridgehead atoms. The molecule has 0 radical (unpaired) electrons. The molecule has 2 aliphatic rings. The molecule has 0 aliphatic carbocycles. The van der Waals surface area contributed by atoms with Gasteiger partial charge in [0.2, 0.25) is 0 Å². The van der Waals surface area contributed by atoms with E-state index in [0.29, 0.717) is 13.3 Å². The summed E-state index contributed by atoms with van der Waals surface area (Å²) in [4.78, 5) is 0. The average molecular weight is 346 g/mol. The van der Waals surface area contributed by atoms with Gasteiger partial charge in [0, 0.05) is 0 Å². The molecule has 0 saturated carbocycles. The van der Waals surface area contributed by atoms with E-state index in [1.165, 1.54) is 0 Å². The van der Waals surface area contributed by atoms with Crippen LogP contribution in [0.4, 0.5) is 0 Å². The van der Waals surface area contributed by atoms with E-state index in [0.717, 1.165) is 16.7 Å². The van der Waals surface area contributed by atoms with Crippen LogP contribution in [0.2, 0.25) is 0 Å². The molecule has 0 aromatic heterocycles. The van der Waals surface area contributed by atoms with Crippen LogP contribution >= 0.6 is 0 Å². The third-order valence-electron chi connectivity index (χ3n) is 1.92. The van der Waals surface area contributed by atoms with E-state index in [1.807, 2.05) is 0 Å². The molecule has 0 aromatic carbocycles. The summed E-state index contributed by atoms with van der Waals surface area (Å²) < 4.78 is 0. The molecule has 2 heterocycles. The van der Waals surface area contributed by atoms with Gasteiger partial charge in [0.05, 0.1) is 0 Å². The Bertz CT molecular complexity index is 221. The second kappa shape index (κ2) is 6.35. The first kappa shape index (κ1) is 14.7. The fraction of sp³-hybridized carbons (Fsp3) is 0.600.